The summed E-state index contributed by atoms with van der Waals surface area (Å²) in [6.45, 7) is 0.993. The van der Waals surface area contributed by atoms with Crippen LogP contribution in [0.15, 0.2) is 0 Å². The van der Waals surface area contributed by atoms with Gasteiger partial charge in [0.15, 0.2) is 0 Å². The number of aliphatic carboxylic acids is 3. The first-order chi connectivity index (χ1) is 7.78. The number of carbonyl (C=O) groups excluding carboxylic acids is 3. The van der Waals surface area contributed by atoms with Gasteiger partial charge in [-0.25, -0.2) is 0 Å². The van der Waals surface area contributed by atoms with Crippen LogP contribution in [-0.4, -0.2) is 51.8 Å². The molecular weight excluding hydrogens is 389 g/mol. The molecule has 4 N–H and O–H groups in total. The topological polar surface area (TPSA) is 201 Å². The van der Waals surface area contributed by atoms with E-state index in [0.717, 1.165) is 6.55 Å². The Hall–Kier alpha value is 3.38. The van der Waals surface area contributed by atoms with Gasteiger partial charge in [-0.15, -0.1) is 0 Å². The first kappa shape index (κ1) is 35.5. The van der Waals surface area contributed by atoms with Gasteiger partial charge in [0.2, 0.25) is 0 Å². The zero-order chi connectivity index (χ0) is 15.1. The SMILES string of the molecule is C[Si](O)(O)O.O=C([O-])CC(O)(CC(=O)[O-])C(=O)[O-].[K+].[K+].[K+]. The molecule has 0 amide bonds. The second-order valence-corrected chi connectivity index (χ2v) is 5.33. The van der Waals surface area contributed by atoms with Gasteiger partial charge in [-0.3, -0.25) is 0 Å². The van der Waals surface area contributed by atoms with Crippen molar-refractivity contribution in [2.24, 2.45) is 0 Å². The molecule has 0 radical (unpaired) electrons. The molecule has 0 saturated heterocycles. The number of carboxylic acid groups (broad SMARTS) is 3. The molecule has 0 aromatic rings. The van der Waals surface area contributed by atoms with Crippen molar-refractivity contribution >= 4 is 26.7 Å². The maximum absolute atomic E-state index is 10.1. The Morgan fingerprint density at radius 2 is 1.10 bits per heavy atom. The molecule has 0 aliphatic rings. The van der Waals surface area contributed by atoms with E-state index in [-0.39, 0.29) is 154 Å². The fraction of sp³-hybridized carbons (Fsp3) is 0.571. The molecule has 0 bridgehead atoms. The number of hydrogen-bond donors (Lipinski definition) is 4. The third-order valence-corrected chi connectivity index (χ3v) is 1.25. The molecule has 0 fully saturated rings. The van der Waals surface area contributed by atoms with E-state index in [1.807, 2.05) is 0 Å². The standard InChI is InChI=1S/C6H8O7.CH6O3Si.3K/c7-3(8)1-6(13,5(11)12)2-4(9)10;1-5(2,3)4;;;/h13H,1-2H2,(H,7,8)(H,9,10)(H,11,12);2-4H,1H3;;;/q;;3*+1/p-3. The van der Waals surface area contributed by atoms with E-state index >= 15 is 0 Å². The van der Waals surface area contributed by atoms with Crippen LogP contribution in [0.5, 0.6) is 0 Å². The molecule has 0 spiro atoms. The first-order valence-electron chi connectivity index (χ1n) is 4.28. The zero-order valence-electron chi connectivity index (χ0n) is 12.2. The normalized spacial score (nSPS) is 9.57. The van der Waals surface area contributed by atoms with Crippen molar-refractivity contribution in [3.8, 4) is 0 Å². The summed E-state index contributed by atoms with van der Waals surface area (Å²) >= 11 is 0. The maximum atomic E-state index is 10.1. The number of carbonyl (C=O) groups is 3. The number of rotatable bonds is 5. The van der Waals surface area contributed by atoms with E-state index in [1.54, 1.807) is 0 Å². The monoisotopic (exact) mass is 400 g/mol. The van der Waals surface area contributed by atoms with Crippen molar-refractivity contribution in [1.82, 2.24) is 0 Å². The molecule has 0 heterocycles. The summed E-state index contributed by atoms with van der Waals surface area (Å²) < 4.78 is 0. The molecular formula is C7H11K3O10Si. The van der Waals surface area contributed by atoms with Crippen LogP contribution in [0.2, 0.25) is 6.55 Å². The Morgan fingerprint density at radius 1 is 0.905 bits per heavy atom. The van der Waals surface area contributed by atoms with Crippen LogP contribution < -0.4 is 169 Å². The Kier molecular flexibility index (Phi) is 28.4. The Bertz CT molecular complexity index is 309. The molecule has 10 nitrogen and oxygen atoms in total. The molecule has 0 saturated carbocycles. The first-order valence-corrected chi connectivity index (χ1v) is 6.63. The van der Waals surface area contributed by atoms with Crippen molar-refractivity contribution in [1.29, 1.82) is 0 Å². The van der Waals surface area contributed by atoms with Gasteiger partial charge in [-0.1, -0.05) is 0 Å². The van der Waals surface area contributed by atoms with Gasteiger partial charge in [0.05, 0.1) is 5.97 Å². The van der Waals surface area contributed by atoms with E-state index in [0.29, 0.717) is 0 Å². The van der Waals surface area contributed by atoms with Crippen LogP contribution in [0.3, 0.4) is 0 Å². The minimum absolute atomic E-state index is 0. The van der Waals surface area contributed by atoms with E-state index in [1.165, 1.54) is 0 Å². The van der Waals surface area contributed by atoms with Crippen molar-refractivity contribution in [2.75, 3.05) is 0 Å². The second kappa shape index (κ2) is 16.8. The third-order valence-electron chi connectivity index (χ3n) is 1.25. The quantitative estimate of drug-likeness (QED) is 0.321. The van der Waals surface area contributed by atoms with Gasteiger partial charge >= 0.3 is 163 Å². The van der Waals surface area contributed by atoms with Gasteiger partial charge in [0, 0.05) is 31.3 Å². The molecule has 0 unspecified atom stereocenters. The van der Waals surface area contributed by atoms with Crippen LogP contribution >= 0.6 is 0 Å². The van der Waals surface area contributed by atoms with E-state index in [9.17, 15) is 29.7 Å². The van der Waals surface area contributed by atoms with Crippen molar-refractivity contribution in [2.45, 2.75) is 25.0 Å². The van der Waals surface area contributed by atoms with Crippen molar-refractivity contribution in [3.63, 3.8) is 0 Å². The summed E-state index contributed by atoms with van der Waals surface area (Å²) in [6.07, 6.45) is -2.72. The summed E-state index contributed by atoms with van der Waals surface area (Å²) in [6, 6.07) is 0. The minimum atomic E-state index is -3.61. The van der Waals surface area contributed by atoms with E-state index < -0.39 is 45.2 Å². The van der Waals surface area contributed by atoms with Crippen LogP contribution in [0.4, 0.5) is 0 Å². The van der Waals surface area contributed by atoms with Crippen molar-refractivity contribution < 1.29 is 203 Å². The summed E-state index contributed by atoms with van der Waals surface area (Å²) in [5, 5.41) is 38.9. The Morgan fingerprint density at radius 3 is 1.19 bits per heavy atom. The zero-order valence-corrected chi connectivity index (χ0v) is 22.5. The summed E-state index contributed by atoms with van der Waals surface area (Å²) in [5.41, 5.74) is -2.97. The molecule has 0 atom stereocenters. The van der Waals surface area contributed by atoms with Crippen LogP contribution in [0.1, 0.15) is 12.8 Å². The molecule has 14 heteroatoms. The van der Waals surface area contributed by atoms with E-state index in [2.05, 4.69) is 0 Å². The van der Waals surface area contributed by atoms with Gasteiger partial charge in [0.25, 0.3) is 0 Å². The molecule has 0 rings (SSSR count). The van der Waals surface area contributed by atoms with Crippen LogP contribution in [-0.2, 0) is 14.4 Å². The van der Waals surface area contributed by atoms with Gasteiger partial charge in [-0.05, 0) is 0 Å². The average Bonchev–Trinajstić information content (AvgIpc) is 1.95. The van der Waals surface area contributed by atoms with Gasteiger partial charge in [-0.2, -0.15) is 0 Å². The predicted octanol–water partition coefficient (Wildman–Crippen LogP) is -15.7. The van der Waals surface area contributed by atoms with E-state index in [4.69, 9.17) is 19.5 Å². The van der Waals surface area contributed by atoms with Crippen molar-refractivity contribution in [3.05, 3.63) is 0 Å². The molecule has 0 aliphatic carbocycles. The fourth-order valence-corrected chi connectivity index (χ4v) is 0.684. The largest absolute Gasteiger partial charge is 1.00 e. The summed E-state index contributed by atoms with van der Waals surface area (Å²) in [5.74, 6) is -5.98. The van der Waals surface area contributed by atoms with Gasteiger partial charge < -0.3 is 49.2 Å². The smallest absolute Gasteiger partial charge is 0.550 e. The number of hydrogen-bond acceptors (Lipinski definition) is 10. The predicted molar refractivity (Wildman–Crippen MR) is 47.5 cm³/mol. The van der Waals surface area contributed by atoms with Crippen LogP contribution in [0, 0.1) is 0 Å². The third kappa shape index (κ3) is 28.5. The van der Waals surface area contributed by atoms with Gasteiger partial charge in [0.1, 0.15) is 5.60 Å². The fourth-order valence-electron chi connectivity index (χ4n) is 0.684. The Labute approximate surface area is 248 Å². The molecule has 21 heavy (non-hydrogen) atoms. The molecule has 0 aromatic carbocycles. The number of carboxylic acids is 3. The maximum Gasteiger partial charge on any atom is 1.00 e. The molecule has 0 aromatic heterocycles. The molecule has 106 valence electrons. The minimum Gasteiger partial charge on any atom is -0.550 e. The summed E-state index contributed by atoms with van der Waals surface area (Å²) in [7, 11) is -3.61. The average molecular weight is 401 g/mol. The second-order valence-electron chi connectivity index (χ2n) is 3.39. The summed E-state index contributed by atoms with van der Waals surface area (Å²) in [4.78, 5) is 53.3. The number of aliphatic hydroxyl groups is 1. The molecule has 0 aliphatic heterocycles. The Balaban J connectivity index is -0.0000000933. The van der Waals surface area contributed by atoms with Crippen LogP contribution in [0.25, 0.3) is 0 Å².